The number of nitrogens with zero attached hydrogens (tertiary/aromatic N) is 6. The van der Waals surface area contributed by atoms with E-state index in [4.69, 9.17) is 0 Å². The maximum atomic E-state index is 12.2. The number of hydrogen-bond acceptors (Lipinski definition) is 6. The molecule has 1 saturated heterocycles. The van der Waals surface area contributed by atoms with Crippen LogP contribution in [0.4, 0.5) is 5.82 Å². The molecule has 2 aromatic heterocycles. The second kappa shape index (κ2) is 5.70. The third kappa shape index (κ3) is 2.32. The van der Waals surface area contributed by atoms with E-state index in [2.05, 4.69) is 15.0 Å². The zero-order valence-corrected chi connectivity index (χ0v) is 14.0. The minimum absolute atomic E-state index is 0.0193. The SMILES string of the molecule is CC1CN(c2ncnc3c2ncn3[C@H]2CCC[C@H]2O)CC(=O)N1C. The van der Waals surface area contributed by atoms with Crippen LogP contribution in [0.5, 0.6) is 0 Å². The molecule has 8 nitrogen and oxygen atoms in total. The Morgan fingerprint density at radius 2 is 2.08 bits per heavy atom. The predicted octanol–water partition coefficient (Wildman–Crippen LogP) is 0.579. The smallest absolute Gasteiger partial charge is 0.242 e. The van der Waals surface area contributed by atoms with E-state index >= 15 is 0 Å². The number of carbonyl (C=O) groups is 1. The fourth-order valence-electron chi connectivity index (χ4n) is 3.75. The Morgan fingerprint density at radius 1 is 1.25 bits per heavy atom. The topological polar surface area (TPSA) is 87.4 Å². The molecular formula is C16H22N6O2. The maximum Gasteiger partial charge on any atom is 0.242 e. The van der Waals surface area contributed by atoms with Crippen molar-refractivity contribution < 1.29 is 9.90 Å². The quantitative estimate of drug-likeness (QED) is 0.867. The first-order chi connectivity index (χ1) is 11.6. The summed E-state index contributed by atoms with van der Waals surface area (Å²) in [6.45, 7) is 3.04. The van der Waals surface area contributed by atoms with Gasteiger partial charge in [0, 0.05) is 19.6 Å². The minimum Gasteiger partial charge on any atom is -0.391 e. The lowest BCUT2D eigenvalue weighted by Crippen LogP contribution is -2.54. The van der Waals surface area contributed by atoms with Crippen molar-refractivity contribution >= 4 is 22.9 Å². The van der Waals surface area contributed by atoms with E-state index < -0.39 is 0 Å². The van der Waals surface area contributed by atoms with E-state index in [0.29, 0.717) is 24.4 Å². The number of carbonyl (C=O) groups excluding carboxylic acids is 1. The van der Waals surface area contributed by atoms with E-state index in [1.54, 1.807) is 11.2 Å². The molecule has 0 radical (unpaired) electrons. The van der Waals surface area contributed by atoms with Crippen molar-refractivity contribution in [2.24, 2.45) is 0 Å². The number of aliphatic hydroxyl groups is 1. The highest BCUT2D eigenvalue weighted by atomic mass is 16.3. The van der Waals surface area contributed by atoms with E-state index in [-0.39, 0.29) is 24.1 Å². The second-order valence-electron chi connectivity index (χ2n) is 6.82. The number of anilines is 1. The number of aliphatic hydroxyl groups excluding tert-OH is 1. The number of piperazine rings is 1. The van der Waals surface area contributed by atoms with Crippen molar-refractivity contribution in [3.05, 3.63) is 12.7 Å². The highest BCUT2D eigenvalue weighted by Crippen LogP contribution is 2.33. The molecule has 1 unspecified atom stereocenters. The van der Waals surface area contributed by atoms with Crippen LogP contribution in [-0.4, -0.2) is 67.7 Å². The van der Waals surface area contributed by atoms with Crippen molar-refractivity contribution in [1.82, 2.24) is 24.4 Å². The monoisotopic (exact) mass is 330 g/mol. The Bertz CT molecular complexity index is 775. The number of imidazole rings is 1. The first-order valence-corrected chi connectivity index (χ1v) is 8.42. The summed E-state index contributed by atoms with van der Waals surface area (Å²) in [5, 5.41) is 10.2. The summed E-state index contributed by atoms with van der Waals surface area (Å²) in [5.41, 5.74) is 1.42. The van der Waals surface area contributed by atoms with Crippen LogP contribution in [0.15, 0.2) is 12.7 Å². The number of hydrogen-bond donors (Lipinski definition) is 1. The number of aromatic nitrogens is 4. The number of rotatable bonds is 2. The molecule has 2 aliphatic rings. The first kappa shape index (κ1) is 15.3. The molecule has 0 bridgehead atoms. The molecule has 2 aromatic rings. The van der Waals surface area contributed by atoms with Gasteiger partial charge in [0.1, 0.15) is 6.33 Å². The van der Waals surface area contributed by atoms with Crippen molar-refractivity contribution in [2.75, 3.05) is 25.0 Å². The Labute approximate surface area is 140 Å². The molecule has 3 atom stereocenters. The van der Waals surface area contributed by atoms with Crippen LogP contribution in [0.1, 0.15) is 32.2 Å². The summed E-state index contributed by atoms with van der Waals surface area (Å²) >= 11 is 0. The molecule has 2 fully saturated rings. The van der Waals surface area contributed by atoms with Gasteiger partial charge in [0.25, 0.3) is 0 Å². The molecule has 1 amide bonds. The molecule has 1 aliphatic carbocycles. The molecule has 1 aliphatic heterocycles. The van der Waals surface area contributed by atoms with E-state index in [1.807, 2.05) is 23.4 Å². The standard InChI is InChI=1S/C16H22N6O2/c1-10-6-21(7-13(24)20(10)2)15-14-16(18-8-17-15)22(9-19-14)11-4-3-5-12(11)23/h8-12,23H,3-7H2,1-2H3/t10?,11-,12+/m0/s1. The Kier molecular flexibility index (Phi) is 3.64. The molecule has 3 heterocycles. The zero-order valence-electron chi connectivity index (χ0n) is 14.0. The van der Waals surface area contributed by atoms with Crippen molar-refractivity contribution in [3.8, 4) is 0 Å². The summed E-state index contributed by atoms with van der Waals surface area (Å²) in [6.07, 6.45) is 5.65. The molecule has 0 aromatic carbocycles. The number of amides is 1. The Hall–Kier alpha value is -2.22. The van der Waals surface area contributed by atoms with Crippen molar-refractivity contribution in [1.29, 1.82) is 0 Å². The van der Waals surface area contributed by atoms with Gasteiger partial charge in [0.15, 0.2) is 17.0 Å². The lowest BCUT2D eigenvalue weighted by Gasteiger charge is -2.37. The molecule has 1 saturated carbocycles. The molecular weight excluding hydrogens is 308 g/mol. The van der Waals surface area contributed by atoms with Crippen LogP contribution in [-0.2, 0) is 4.79 Å². The predicted molar refractivity (Wildman–Crippen MR) is 88.7 cm³/mol. The van der Waals surface area contributed by atoms with E-state index in [0.717, 1.165) is 24.9 Å². The van der Waals surface area contributed by atoms with Gasteiger partial charge in [-0.3, -0.25) is 4.79 Å². The van der Waals surface area contributed by atoms with Crippen LogP contribution < -0.4 is 4.90 Å². The molecule has 0 spiro atoms. The van der Waals surface area contributed by atoms with Gasteiger partial charge in [-0.1, -0.05) is 0 Å². The van der Waals surface area contributed by atoms with Gasteiger partial charge in [-0.05, 0) is 26.2 Å². The maximum absolute atomic E-state index is 12.2. The third-order valence-corrected chi connectivity index (χ3v) is 5.31. The summed E-state index contributed by atoms with van der Waals surface area (Å²) in [7, 11) is 1.83. The van der Waals surface area contributed by atoms with Crippen LogP contribution >= 0.6 is 0 Å². The first-order valence-electron chi connectivity index (χ1n) is 8.42. The van der Waals surface area contributed by atoms with Crippen LogP contribution in [0.3, 0.4) is 0 Å². The van der Waals surface area contributed by atoms with Crippen LogP contribution in [0.2, 0.25) is 0 Å². The highest BCUT2D eigenvalue weighted by Gasteiger charge is 2.31. The zero-order chi connectivity index (χ0) is 16.8. The van der Waals surface area contributed by atoms with Crippen molar-refractivity contribution in [2.45, 2.75) is 44.4 Å². The molecule has 128 valence electrons. The van der Waals surface area contributed by atoms with Gasteiger partial charge >= 0.3 is 0 Å². The second-order valence-corrected chi connectivity index (χ2v) is 6.82. The van der Waals surface area contributed by atoms with Gasteiger partial charge in [0.05, 0.1) is 25.0 Å². The summed E-state index contributed by atoms with van der Waals surface area (Å²) in [4.78, 5) is 29.2. The van der Waals surface area contributed by atoms with Crippen LogP contribution in [0, 0.1) is 0 Å². The lowest BCUT2D eigenvalue weighted by molar-refractivity contribution is -0.131. The Balaban J connectivity index is 1.72. The fraction of sp³-hybridized carbons (Fsp3) is 0.625. The van der Waals surface area contributed by atoms with E-state index in [9.17, 15) is 9.90 Å². The van der Waals surface area contributed by atoms with Gasteiger partial charge in [-0.2, -0.15) is 0 Å². The summed E-state index contributed by atoms with van der Waals surface area (Å²) < 4.78 is 1.96. The lowest BCUT2D eigenvalue weighted by atomic mass is 10.2. The van der Waals surface area contributed by atoms with Crippen molar-refractivity contribution in [3.63, 3.8) is 0 Å². The summed E-state index contributed by atoms with van der Waals surface area (Å²) in [6, 6.07) is 0.140. The molecule has 4 rings (SSSR count). The average Bonchev–Trinajstić information content (AvgIpc) is 3.17. The number of likely N-dealkylation sites (N-methyl/N-ethyl adjacent to an activating group) is 1. The van der Waals surface area contributed by atoms with E-state index in [1.165, 1.54) is 6.33 Å². The molecule has 8 heteroatoms. The van der Waals surface area contributed by atoms with Gasteiger partial charge in [-0.15, -0.1) is 0 Å². The molecule has 1 N–H and O–H groups in total. The van der Waals surface area contributed by atoms with Gasteiger partial charge in [0.2, 0.25) is 5.91 Å². The van der Waals surface area contributed by atoms with Crippen LogP contribution in [0.25, 0.3) is 11.2 Å². The Morgan fingerprint density at radius 3 is 2.79 bits per heavy atom. The third-order valence-electron chi connectivity index (χ3n) is 5.31. The molecule has 24 heavy (non-hydrogen) atoms. The highest BCUT2D eigenvalue weighted by molar-refractivity contribution is 5.88. The normalized spacial score (nSPS) is 28.1. The van der Waals surface area contributed by atoms with Gasteiger partial charge in [-0.25, -0.2) is 15.0 Å². The summed E-state index contributed by atoms with van der Waals surface area (Å²) in [5.74, 6) is 0.769. The largest absolute Gasteiger partial charge is 0.391 e. The fourth-order valence-corrected chi connectivity index (χ4v) is 3.75. The van der Waals surface area contributed by atoms with Gasteiger partial charge < -0.3 is 19.5 Å². The average molecular weight is 330 g/mol. The minimum atomic E-state index is -0.356. The number of fused-ring (bicyclic) bond motifs is 1.